The van der Waals surface area contributed by atoms with Crippen LogP contribution in [0.5, 0.6) is 0 Å². The van der Waals surface area contributed by atoms with E-state index >= 15 is 0 Å². The van der Waals surface area contributed by atoms with Crippen molar-refractivity contribution in [3.05, 3.63) is 101 Å². The first-order valence-electron chi connectivity index (χ1n) is 12.2. The van der Waals surface area contributed by atoms with Gasteiger partial charge in [-0.2, -0.15) is 0 Å². The number of benzene rings is 3. The van der Waals surface area contributed by atoms with E-state index in [9.17, 15) is 9.59 Å². The summed E-state index contributed by atoms with van der Waals surface area (Å²) in [7, 11) is 0. The molecule has 180 valence electrons. The van der Waals surface area contributed by atoms with Gasteiger partial charge in [-0.15, -0.1) is 0 Å². The van der Waals surface area contributed by atoms with Crippen LogP contribution in [0.4, 0.5) is 0 Å². The third-order valence-electron chi connectivity index (χ3n) is 6.66. The zero-order valence-electron chi connectivity index (χ0n) is 20.7. The summed E-state index contributed by atoms with van der Waals surface area (Å²) in [4.78, 5) is 31.1. The zero-order chi connectivity index (χ0) is 25.2. The van der Waals surface area contributed by atoms with Gasteiger partial charge in [-0.05, 0) is 49.2 Å². The second-order valence-electron chi connectivity index (χ2n) is 9.03. The summed E-state index contributed by atoms with van der Waals surface area (Å²) >= 11 is 0. The molecule has 2 aromatic heterocycles. The van der Waals surface area contributed by atoms with Crippen molar-refractivity contribution in [3.8, 4) is 11.3 Å². The number of Topliss-reactive ketones (excluding diaryl/α,β-unsaturated/α-hetero) is 1. The van der Waals surface area contributed by atoms with Crippen molar-refractivity contribution >= 4 is 33.4 Å². The van der Waals surface area contributed by atoms with Gasteiger partial charge in [0.25, 0.3) is 0 Å². The number of esters is 1. The fourth-order valence-corrected chi connectivity index (χ4v) is 4.87. The third-order valence-corrected chi connectivity index (χ3v) is 6.66. The molecule has 0 radical (unpaired) electrons. The number of nitrogens with zero attached hydrogens (tertiary/aromatic N) is 2. The molecule has 5 rings (SSSR count). The van der Waals surface area contributed by atoms with E-state index in [0.29, 0.717) is 27.7 Å². The van der Waals surface area contributed by atoms with Gasteiger partial charge in [0.2, 0.25) is 5.78 Å². The number of fused-ring (bicyclic) bond motifs is 2. The summed E-state index contributed by atoms with van der Waals surface area (Å²) in [6.45, 7) is 6.57. The molecule has 0 unspecified atom stereocenters. The van der Waals surface area contributed by atoms with Crippen molar-refractivity contribution in [2.45, 2.75) is 33.7 Å². The van der Waals surface area contributed by atoms with E-state index < -0.39 is 5.97 Å². The standard InChI is InChI=1S/C31H28N2O3/c1-4-16-33-20(2)17-26(21(33)3)30(34)19-36-31(35)27-18-29(32-28-15-8-7-13-25(27)28)24-14-9-11-22-10-5-6-12-23(22)24/h5-15,17-18H,4,16,19H2,1-3H3. The number of ether oxygens (including phenoxy) is 1. The van der Waals surface area contributed by atoms with E-state index in [4.69, 9.17) is 9.72 Å². The number of para-hydroxylation sites is 1. The smallest absolute Gasteiger partial charge is 0.339 e. The molecule has 0 saturated heterocycles. The minimum absolute atomic E-state index is 0.202. The van der Waals surface area contributed by atoms with Crippen LogP contribution < -0.4 is 0 Å². The lowest BCUT2D eigenvalue weighted by Gasteiger charge is -2.12. The molecule has 0 aliphatic heterocycles. The van der Waals surface area contributed by atoms with Crippen LogP contribution in [0.15, 0.2) is 78.9 Å². The average molecular weight is 477 g/mol. The van der Waals surface area contributed by atoms with Crippen LogP contribution in [0.1, 0.15) is 45.4 Å². The molecule has 5 heteroatoms. The monoisotopic (exact) mass is 476 g/mol. The van der Waals surface area contributed by atoms with Gasteiger partial charge in [0, 0.05) is 34.4 Å². The number of pyridine rings is 1. The molecule has 0 aliphatic rings. The first-order valence-corrected chi connectivity index (χ1v) is 12.2. The van der Waals surface area contributed by atoms with Crippen molar-refractivity contribution < 1.29 is 14.3 Å². The molecule has 0 bridgehead atoms. The lowest BCUT2D eigenvalue weighted by atomic mass is 9.99. The molecule has 5 aromatic rings. The van der Waals surface area contributed by atoms with Gasteiger partial charge in [-0.25, -0.2) is 9.78 Å². The van der Waals surface area contributed by atoms with Crippen LogP contribution in [0.25, 0.3) is 32.9 Å². The van der Waals surface area contributed by atoms with Crippen LogP contribution in [-0.4, -0.2) is 27.9 Å². The lowest BCUT2D eigenvalue weighted by molar-refractivity contribution is 0.0476. The number of hydrogen-bond donors (Lipinski definition) is 0. The number of aromatic nitrogens is 2. The SMILES string of the molecule is CCCn1c(C)cc(C(=O)COC(=O)c2cc(-c3cccc4ccccc34)nc3ccccc23)c1C. The molecule has 0 saturated carbocycles. The maximum atomic E-state index is 13.3. The highest BCUT2D eigenvalue weighted by Gasteiger charge is 2.20. The fourth-order valence-electron chi connectivity index (χ4n) is 4.87. The maximum absolute atomic E-state index is 13.3. The van der Waals surface area contributed by atoms with Crippen LogP contribution in [0.2, 0.25) is 0 Å². The molecule has 0 fully saturated rings. The number of rotatable bonds is 7. The topological polar surface area (TPSA) is 61.2 Å². The minimum Gasteiger partial charge on any atom is -0.454 e. The van der Waals surface area contributed by atoms with E-state index in [1.807, 2.05) is 74.5 Å². The number of carbonyl (C=O) groups is 2. The van der Waals surface area contributed by atoms with Gasteiger partial charge in [0.15, 0.2) is 6.61 Å². The van der Waals surface area contributed by atoms with E-state index in [-0.39, 0.29) is 12.4 Å². The summed E-state index contributed by atoms with van der Waals surface area (Å²) in [6, 6.07) is 25.3. The van der Waals surface area contributed by atoms with Crippen LogP contribution in [0.3, 0.4) is 0 Å². The largest absolute Gasteiger partial charge is 0.454 e. The molecule has 0 amide bonds. The second kappa shape index (κ2) is 9.78. The van der Waals surface area contributed by atoms with Gasteiger partial charge >= 0.3 is 5.97 Å². The Morgan fingerprint density at radius 2 is 1.58 bits per heavy atom. The summed E-state index contributed by atoms with van der Waals surface area (Å²) in [5, 5.41) is 2.85. The molecule has 0 N–H and O–H groups in total. The molecular weight excluding hydrogens is 448 g/mol. The molecule has 2 heterocycles. The van der Waals surface area contributed by atoms with Crippen LogP contribution >= 0.6 is 0 Å². The maximum Gasteiger partial charge on any atom is 0.339 e. The van der Waals surface area contributed by atoms with Crippen molar-refractivity contribution in [2.75, 3.05) is 6.61 Å². The van der Waals surface area contributed by atoms with Crippen molar-refractivity contribution in [1.29, 1.82) is 0 Å². The Morgan fingerprint density at radius 1 is 0.861 bits per heavy atom. The number of carbonyl (C=O) groups excluding carboxylic acids is 2. The Hall–Kier alpha value is -4.25. The normalized spacial score (nSPS) is 11.2. The van der Waals surface area contributed by atoms with Crippen molar-refractivity contribution in [1.82, 2.24) is 9.55 Å². The predicted octanol–water partition coefficient (Wildman–Crippen LogP) is 6.92. The van der Waals surface area contributed by atoms with Crippen molar-refractivity contribution in [3.63, 3.8) is 0 Å². The van der Waals surface area contributed by atoms with Gasteiger partial charge in [-0.1, -0.05) is 67.6 Å². The highest BCUT2D eigenvalue weighted by Crippen LogP contribution is 2.31. The molecular formula is C31H28N2O3. The van der Waals surface area contributed by atoms with E-state index in [2.05, 4.69) is 23.6 Å². The Labute approximate surface area is 210 Å². The number of ketones is 1. The van der Waals surface area contributed by atoms with Gasteiger partial charge < -0.3 is 9.30 Å². The Kier molecular flexibility index (Phi) is 6.38. The number of hydrogen-bond acceptors (Lipinski definition) is 4. The van der Waals surface area contributed by atoms with E-state index in [0.717, 1.165) is 40.7 Å². The second-order valence-corrected chi connectivity index (χ2v) is 9.03. The zero-order valence-corrected chi connectivity index (χ0v) is 20.7. The highest BCUT2D eigenvalue weighted by atomic mass is 16.5. The molecule has 0 aliphatic carbocycles. The van der Waals surface area contributed by atoms with E-state index in [1.165, 1.54) is 0 Å². The Bertz CT molecular complexity index is 1610. The van der Waals surface area contributed by atoms with Crippen LogP contribution in [-0.2, 0) is 11.3 Å². The average Bonchev–Trinajstić information content (AvgIpc) is 3.19. The van der Waals surface area contributed by atoms with Crippen molar-refractivity contribution in [2.24, 2.45) is 0 Å². The molecule has 0 spiro atoms. The predicted molar refractivity (Wildman–Crippen MR) is 143 cm³/mol. The quantitative estimate of drug-likeness (QED) is 0.189. The molecule has 3 aromatic carbocycles. The molecule has 5 nitrogen and oxygen atoms in total. The van der Waals surface area contributed by atoms with Gasteiger partial charge in [0.1, 0.15) is 0 Å². The minimum atomic E-state index is -0.536. The van der Waals surface area contributed by atoms with E-state index in [1.54, 1.807) is 6.07 Å². The lowest BCUT2D eigenvalue weighted by Crippen LogP contribution is -2.15. The first kappa shape index (κ1) is 23.5. The molecule has 36 heavy (non-hydrogen) atoms. The summed E-state index contributed by atoms with van der Waals surface area (Å²) in [5.41, 5.74) is 5.26. The summed E-state index contributed by atoms with van der Waals surface area (Å²) < 4.78 is 7.70. The Balaban J connectivity index is 1.48. The van der Waals surface area contributed by atoms with Gasteiger partial charge in [0.05, 0.1) is 16.8 Å². The number of aryl methyl sites for hydroxylation is 1. The summed E-state index contributed by atoms with van der Waals surface area (Å²) in [6.07, 6.45) is 0.979. The summed E-state index contributed by atoms with van der Waals surface area (Å²) in [5.74, 6) is -0.739. The third kappa shape index (κ3) is 4.29. The first-order chi connectivity index (χ1) is 17.5. The fraction of sp³-hybridized carbons (Fsp3) is 0.194. The highest BCUT2D eigenvalue weighted by molar-refractivity contribution is 6.07. The van der Waals surface area contributed by atoms with Crippen LogP contribution in [0, 0.1) is 13.8 Å². The van der Waals surface area contributed by atoms with Gasteiger partial charge in [-0.3, -0.25) is 4.79 Å². The Morgan fingerprint density at radius 3 is 2.39 bits per heavy atom. The molecule has 0 atom stereocenters.